The highest BCUT2D eigenvalue weighted by atomic mass is 32.1. The first-order valence-corrected chi connectivity index (χ1v) is 10.0. The van der Waals surface area contributed by atoms with Crippen molar-refractivity contribution < 1.29 is 9.18 Å². The fraction of sp³-hybridized carbons (Fsp3) is 0.611. The molecule has 0 aliphatic carbocycles. The Morgan fingerprint density at radius 2 is 2.19 bits per heavy atom. The van der Waals surface area contributed by atoms with Gasteiger partial charge in [0.1, 0.15) is 23.1 Å². The van der Waals surface area contributed by atoms with Crippen LogP contribution in [0.15, 0.2) is 12.4 Å². The molecular weight excluding hydrogens is 353 g/mol. The van der Waals surface area contributed by atoms with Gasteiger partial charge in [-0.1, -0.05) is 6.92 Å². The Kier molecular flexibility index (Phi) is 3.69. The van der Waals surface area contributed by atoms with Gasteiger partial charge in [0.25, 0.3) is 0 Å². The van der Waals surface area contributed by atoms with Crippen LogP contribution >= 0.6 is 11.3 Å². The fourth-order valence-electron chi connectivity index (χ4n) is 4.45. The lowest BCUT2D eigenvalue weighted by molar-refractivity contribution is -0.147. The smallest absolute Gasteiger partial charge is 0.239 e. The zero-order valence-electron chi connectivity index (χ0n) is 14.7. The maximum absolute atomic E-state index is 13.3. The third-order valence-electron chi connectivity index (χ3n) is 5.80. The first-order chi connectivity index (χ1) is 12.6. The number of aromatic nitrogens is 2. The lowest BCUT2D eigenvalue weighted by atomic mass is 9.72. The van der Waals surface area contributed by atoms with Gasteiger partial charge < -0.3 is 15.1 Å². The highest BCUT2D eigenvalue weighted by Gasteiger charge is 2.54. The average molecular weight is 375 g/mol. The molecule has 3 fully saturated rings. The summed E-state index contributed by atoms with van der Waals surface area (Å²) in [7, 11) is 0. The Balaban J connectivity index is 1.23. The number of anilines is 1. The number of aryl methyl sites for hydroxylation is 1. The minimum Gasteiger partial charge on any atom is -0.354 e. The van der Waals surface area contributed by atoms with E-state index in [1.54, 1.807) is 17.7 Å². The Bertz CT molecular complexity index is 856. The Morgan fingerprint density at radius 3 is 2.88 bits per heavy atom. The maximum atomic E-state index is 13.3. The molecular formula is C18H22FN5OS. The summed E-state index contributed by atoms with van der Waals surface area (Å²) >= 11 is 1.73. The molecule has 3 aliphatic rings. The largest absolute Gasteiger partial charge is 0.354 e. The molecule has 3 saturated heterocycles. The van der Waals surface area contributed by atoms with Gasteiger partial charge >= 0.3 is 0 Å². The van der Waals surface area contributed by atoms with Gasteiger partial charge in [-0.05, 0) is 12.5 Å². The minimum atomic E-state index is -0.892. The van der Waals surface area contributed by atoms with Crippen molar-refractivity contribution in [1.82, 2.24) is 20.2 Å². The predicted octanol–water partition coefficient (Wildman–Crippen LogP) is 1.60. The number of carbonyl (C=O) groups excluding carboxylic acids is 1. The lowest BCUT2D eigenvalue weighted by Gasteiger charge is -2.60. The highest BCUT2D eigenvalue weighted by molar-refractivity contribution is 7.18. The molecule has 1 amide bonds. The molecule has 0 aromatic carbocycles. The van der Waals surface area contributed by atoms with E-state index < -0.39 is 6.17 Å². The van der Waals surface area contributed by atoms with E-state index in [-0.39, 0.29) is 17.4 Å². The molecule has 2 aromatic rings. The third kappa shape index (κ3) is 2.50. The van der Waals surface area contributed by atoms with Gasteiger partial charge in [0.2, 0.25) is 5.91 Å². The van der Waals surface area contributed by atoms with Crippen molar-refractivity contribution in [1.29, 1.82) is 0 Å². The van der Waals surface area contributed by atoms with Crippen molar-refractivity contribution in [2.45, 2.75) is 32.0 Å². The Hall–Kier alpha value is -1.80. The van der Waals surface area contributed by atoms with Crippen LogP contribution in [0.25, 0.3) is 10.2 Å². The van der Waals surface area contributed by atoms with Crippen molar-refractivity contribution in [3.63, 3.8) is 0 Å². The molecule has 2 aromatic heterocycles. The van der Waals surface area contributed by atoms with Crippen LogP contribution in [0.5, 0.6) is 0 Å². The van der Waals surface area contributed by atoms with Crippen LogP contribution in [0, 0.1) is 5.41 Å². The number of nitrogens with one attached hydrogen (secondary N) is 1. The molecule has 138 valence electrons. The number of fused-ring (bicyclic) bond motifs is 1. The lowest BCUT2D eigenvalue weighted by Crippen LogP contribution is -2.74. The van der Waals surface area contributed by atoms with E-state index >= 15 is 0 Å². The van der Waals surface area contributed by atoms with Gasteiger partial charge in [-0.15, -0.1) is 11.3 Å². The van der Waals surface area contributed by atoms with Crippen molar-refractivity contribution in [3.8, 4) is 0 Å². The van der Waals surface area contributed by atoms with Gasteiger partial charge in [0, 0.05) is 49.4 Å². The van der Waals surface area contributed by atoms with E-state index in [0.29, 0.717) is 13.0 Å². The Morgan fingerprint density at radius 1 is 1.38 bits per heavy atom. The number of nitrogens with zero attached hydrogens (tertiary/aromatic N) is 4. The van der Waals surface area contributed by atoms with Crippen LogP contribution in [0.3, 0.4) is 0 Å². The first-order valence-electron chi connectivity index (χ1n) is 9.21. The van der Waals surface area contributed by atoms with Crippen LogP contribution in [-0.2, 0) is 11.2 Å². The zero-order valence-corrected chi connectivity index (χ0v) is 15.6. The second kappa shape index (κ2) is 5.85. The molecule has 6 nitrogen and oxygen atoms in total. The first kappa shape index (κ1) is 16.4. The van der Waals surface area contributed by atoms with Crippen molar-refractivity contribution in [2.24, 2.45) is 5.41 Å². The number of hydrogen-bond donors (Lipinski definition) is 1. The Labute approximate surface area is 155 Å². The number of carbonyl (C=O) groups is 1. The number of halogens is 1. The summed E-state index contributed by atoms with van der Waals surface area (Å²) in [5.74, 6) is 1.07. The fourth-order valence-corrected chi connectivity index (χ4v) is 5.38. The summed E-state index contributed by atoms with van der Waals surface area (Å²) in [6.45, 7) is 5.84. The van der Waals surface area contributed by atoms with Gasteiger partial charge in [0.05, 0.1) is 11.4 Å². The molecule has 5 heterocycles. The van der Waals surface area contributed by atoms with Crippen molar-refractivity contribution >= 4 is 33.3 Å². The SMILES string of the molecule is CCc1cc2c(N3CC4(CN(C(=O)[C@@H]5C[C@H](F)CN5)C4)C3)ncnc2s1. The van der Waals surface area contributed by atoms with Crippen LogP contribution in [0.1, 0.15) is 18.2 Å². The predicted molar refractivity (Wildman–Crippen MR) is 99.3 cm³/mol. The standard InChI is InChI=1S/C18H22FN5OS/c1-2-12-4-13-15(21-10-22-16(13)26-12)23-6-18(7-23)8-24(9-18)17(25)14-3-11(19)5-20-14/h4,10-11,14,20H,2-3,5-9H2,1H3/t11-,14-/m0/s1. The second-order valence-corrected chi connectivity index (χ2v) is 8.94. The maximum Gasteiger partial charge on any atom is 0.239 e. The molecule has 0 bridgehead atoms. The van der Waals surface area contributed by atoms with E-state index in [2.05, 4.69) is 33.2 Å². The number of amides is 1. The van der Waals surface area contributed by atoms with E-state index in [0.717, 1.165) is 48.6 Å². The van der Waals surface area contributed by atoms with Crippen LogP contribution < -0.4 is 10.2 Å². The molecule has 1 N–H and O–H groups in total. The number of alkyl halides is 1. The van der Waals surface area contributed by atoms with Gasteiger partial charge in [-0.3, -0.25) is 4.79 Å². The molecule has 8 heteroatoms. The van der Waals surface area contributed by atoms with Crippen LogP contribution in [0.4, 0.5) is 10.2 Å². The van der Waals surface area contributed by atoms with E-state index in [1.807, 2.05) is 4.90 Å². The number of likely N-dealkylation sites (tertiary alicyclic amines) is 1. The monoisotopic (exact) mass is 375 g/mol. The van der Waals surface area contributed by atoms with Gasteiger partial charge in [-0.2, -0.15) is 0 Å². The highest BCUT2D eigenvalue weighted by Crippen LogP contribution is 2.43. The molecule has 0 radical (unpaired) electrons. The van der Waals surface area contributed by atoms with Gasteiger partial charge in [0.15, 0.2) is 0 Å². The summed E-state index contributed by atoms with van der Waals surface area (Å²) in [5, 5.41) is 4.13. The second-order valence-electron chi connectivity index (χ2n) is 7.83. The molecule has 0 unspecified atom stereocenters. The molecule has 5 rings (SSSR count). The normalized spacial score (nSPS) is 27.0. The average Bonchev–Trinajstić information content (AvgIpc) is 3.18. The van der Waals surface area contributed by atoms with Crippen LogP contribution in [-0.4, -0.2) is 65.7 Å². The molecule has 0 saturated carbocycles. The summed E-state index contributed by atoms with van der Waals surface area (Å²) < 4.78 is 13.3. The van der Waals surface area contributed by atoms with E-state index in [9.17, 15) is 9.18 Å². The topological polar surface area (TPSA) is 61.4 Å². The summed E-state index contributed by atoms with van der Waals surface area (Å²) in [5.41, 5.74) is 0.185. The summed E-state index contributed by atoms with van der Waals surface area (Å²) in [6.07, 6.45) is 2.08. The minimum absolute atomic E-state index is 0.0593. The van der Waals surface area contributed by atoms with Crippen molar-refractivity contribution in [2.75, 3.05) is 37.6 Å². The molecule has 2 atom stereocenters. The van der Waals surface area contributed by atoms with E-state index in [4.69, 9.17) is 0 Å². The zero-order chi connectivity index (χ0) is 17.9. The van der Waals surface area contributed by atoms with Crippen LogP contribution in [0.2, 0.25) is 0 Å². The van der Waals surface area contributed by atoms with E-state index in [1.165, 1.54) is 4.88 Å². The van der Waals surface area contributed by atoms with Gasteiger partial charge in [-0.25, -0.2) is 14.4 Å². The molecule has 1 spiro atoms. The number of hydrogen-bond acceptors (Lipinski definition) is 6. The summed E-state index contributed by atoms with van der Waals surface area (Å²) in [6, 6.07) is 1.87. The number of thiophene rings is 1. The number of rotatable bonds is 3. The summed E-state index contributed by atoms with van der Waals surface area (Å²) in [4.78, 5) is 27.9. The molecule has 3 aliphatic heterocycles. The quantitative estimate of drug-likeness (QED) is 0.883. The molecule has 26 heavy (non-hydrogen) atoms. The third-order valence-corrected chi connectivity index (χ3v) is 6.99. The van der Waals surface area contributed by atoms with Crippen molar-refractivity contribution in [3.05, 3.63) is 17.3 Å².